The minimum atomic E-state index is 0.0992. The highest BCUT2D eigenvalue weighted by Gasteiger charge is 2.30. The van der Waals surface area contributed by atoms with Gasteiger partial charge in [-0.2, -0.15) is 0 Å². The molecule has 1 amide bonds. The summed E-state index contributed by atoms with van der Waals surface area (Å²) in [6.07, 6.45) is 5.75. The Kier molecular flexibility index (Phi) is 3.46. The van der Waals surface area contributed by atoms with Crippen LogP contribution in [0.3, 0.4) is 0 Å². The topological polar surface area (TPSA) is 37.6 Å². The van der Waals surface area contributed by atoms with Crippen LogP contribution in [0.4, 0.5) is 0 Å². The SMILES string of the molecule is CCCC1SCCN1C(=O)c1cnc2ccccn12. The largest absolute Gasteiger partial charge is 0.325 e. The van der Waals surface area contributed by atoms with Crippen LogP contribution in [-0.4, -0.2) is 37.9 Å². The van der Waals surface area contributed by atoms with E-state index in [0.717, 1.165) is 30.8 Å². The molecule has 1 atom stereocenters. The fraction of sp³-hybridized carbons (Fsp3) is 0.429. The Labute approximate surface area is 116 Å². The maximum absolute atomic E-state index is 12.7. The zero-order valence-corrected chi connectivity index (χ0v) is 11.8. The van der Waals surface area contributed by atoms with E-state index in [1.165, 1.54) is 0 Å². The molecule has 4 nitrogen and oxygen atoms in total. The third kappa shape index (κ3) is 2.23. The van der Waals surface area contributed by atoms with E-state index in [1.54, 1.807) is 6.20 Å². The van der Waals surface area contributed by atoms with Gasteiger partial charge < -0.3 is 4.90 Å². The number of hydrogen-bond acceptors (Lipinski definition) is 3. The zero-order chi connectivity index (χ0) is 13.2. The van der Waals surface area contributed by atoms with Crippen molar-refractivity contribution in [2.75, 3.05) is 12.3 Å². The number of aromatic nitrogens is 2. The van der Waals surface area contributed by atoms with Crippen molar-refractivity contribution in [3.8, 4) is 0 Å². The van der Waals surface area contributed by atoms with E-state index in [0.29, 0.717) is 11.1 Å². The van der Waals surface area contributed by atoms with E-state index in [1.807, 2.05) is 45.5 Å². The van der Waals surface area contributed by atoms with Crippen LogP contribution in [-0.2, 0) is 0 Å². The molecule has 3 rings (SSSR count). The second kappa shape index (κ2) is 5.25. The van der Waals surface area contributed by atoms with Crippen molar-refractivity contribution in [1.29, 1.82) is 0 Å². The minimum absolute atomic E-state index is 0.0992. The lowest BCUT2D eigenvalue weighted by Crippen LogP contribution is -2.35. The van der Waals surface area contributed by atoms with E-state index >= 15 is 0 Å². The lowest BCUT2D eigenvalue weighted by Gasteiger charge is -2.23. The predicted octanol–water partition coefficient (Wildman–Crippen LogP) is 2.65. The van der Waals surface area contributed by atoms with Crippen molar-refractivity contribution in [2.24, 2.45) is 0 Å². The van der Waals surface area contributed by atoms with Gasteiger partial charge in [-0.15, -0.1) is 11.8 Å². The number of thioether (sulfide) groups is 1. The molecule has 0 saturated carbocycles. The fourth-order valence-electron chi connectivity index (χ4n) is 2.48. The van der Waals surface area contributed by atoms with Crippen LogP contribution in [0.1, 0.15) is 30.3 Å². The van der Waals surface area contributed by atoms with Crippen LogP contribution in [0.5, 0.6) is 0 Å². The highest BCUT2D eigenvalue weighted by atomic mass is 32.2. The Morgan fingerprint density at radius 2 is 2.42 bits per heavy atom. The summed E-state index contributed by atoms with van der Waals surface area (Å²) in [7, 11) is 0. The van der Waals surface area contributed by atoms with E-state index in [9.17, 15) is 4.79 Å². The molecule has 0 aliphatic carbocycles. The van der Waals surface area contributed by atoms with Gasteiger partial charge in [-0.1, -0.05) is 19.4 Å². The number of imidazole rings is 1. The summed E-state index contributed by atoms with van der Waals surface area (Å²) in [6, 6.07) is 5.77. The third-order valence-corrected chi connectivity index (χ3v) is 4.72. The molecule has 19 heavy (non-hydrogen) atoms. The molecule has 1 fully saturated rings. The molecule has 3 heterocycles. The molecule has 0 radical (unpaired) electrons. The first kappa shape index (κ1) is 12.5. The zero-order valence-electron chi connectivity index (χ0n) is 11.0. The number of carbonyl (C=O) groups excluding carboxylic acids is 1. The van der Waals surface area contributed by atoms with Crippen molar-refractivity contribution in [3.05, 3.63) is 36.3 Å². The standard InChI is InChI=1S/C14H17N3OS/c1-2-5-13-17(8-9-19-13)14(18)11-10-15-12-6-3-4-7-16(11)12/h3-4,6-7,10,13H,2,5,8-9H2,1H3. The van der Waals surface area contributed by atoms with Gasteiger partial charge >= 0.3 is 0 Å². The smallest absolute Gasteiger partial charge is 0.273 e. The average molecular weight is 275 g/mol. The van der Waals surface area contributed by atoms with Gasteiger partial charge in [0.25, 0.3) is 5.91 Å². The maximum atomic E-state index is 12.7. The monoisotopic (exact) mass is 275 g/mol. The van der Waals surface area contributed by atoms with Crippen molar-refractivity contribution in [3.63, 3.8) is 0 Å². The number of fused-ring (bicyclic) bond motifs is 1. The molecule has 2 aromatic rings. The van der Waals surface area contributed by atoms with Crippen LogP contribution in [0, 0.1) is 0 Å². The molecule has 5 heteroatoms. The number of hydrogen-bond donors (Lipinski definition) is 0. The maximum Gasteiger partial charge on any atom is 0.273 e. The minimum Gasteiger partial charge on any atom is -0.325 e. The number of carbonyl (C=O) groups is 1. The fourth-order valence-corrected chi connectivity index (χ4v) is 3.84. The average Bonchev–Trinajstić information content (AvgIpc) is 3.04. The van der Waals surface area contributed by atoms with Gasteiger partial charge in [-0.25, -0.2) is 4.98 Å². The number of pyridine rings is 1. The summed E-state index contributed by atoms with van der Waals surface area (Å²) in [6.45, 7) is 3.00. The molecule has 2 aromatic heterocycles. The number of nitrogens with zero attached hydrogens (tertiary/aromatic N) is 3. The van der Waals surface area contributed by atoms with Gasteiger partial charge in [0, 0.05) is 18.5 Å². The molecule has 0 bridgehead atoms. The van der Waals surface area contributed by atoms with Gasteiger partial charge in [-0.05, 0) is 18.6 Å². The van der Waals surface area contributed by atoms with Crippen molar-refractivity contribution < 1.29 is 4.79 Å². The molecule has 100 valence electrons. The highest BCUT2D eigenvalue weighted by Crippen LogP contribution is 2.28. The van der Waals surface area contributed by atoms with Gasteiger partial charge in [-0.3, -0.25) is 9.20 Å². The summed E-state index contributed by atoms with van der Waals surface area (Å²) in [5.74, 6) is 1.13. The highest BCUT2D eigenvalue weighted by molar-refractivity contribution is 8.00. The van der Waals surface area contributed by atoms with Gasteiger partial charge in [0.2, 0.25) is 0 Å². The predicted molar refractivity (Wildman–Crippen MR) is 77.4 cm³/mol. The summed E-state index contributed by atoms with van der Waals surface area (Å²) in [4.78, 5) is 18.9. The van der Waals surface area contributed by atoms with E-state index in [2.05, 4.69) is 11.9 Å². The van der Waals surface area contributed by atoms with Crippen molar-refractivity contribution in [1.82, 2.24) is 14.3 Å². The quantitative estimate of drug-likeness (QED) is 0.864. The van der Waals surface area contributed by atoms with Crippen molar-refractivity contribution >= 4 is 23.3 Å². The van der Waals surface area contributed by atoms with Crippen LogP contribution in [0.2, 0.25) is 0 Å². The summed E-state index contributed by atoms with van der Waals surface area (Å²) in [5.41, 5.74) is 1.49. The van der Waals surface area contributed by atoms with E-state index < -0.39 is 0 Å². The molecular weight excluding hydrogens is 258 g/mol. The van der Waals surface area contributed by atoms with E-state index in [-0.39, 0.29) is 5.91 Å². The molecule has 1 saturated heterocycles. The molecule has 0 aromatic carbocycles. The van der Waals surface area contributed by atoms with Crippen LogP contribution < -0.4 is 0 Å². The lowest BCUT2D eigenvalue weighted by atomic mass is 10.3. The second-order valence-electron chi connectivity index (χ2n) is 4.68. The Bertz CT molecular complexity index is 595. The Morgan fingerprint density at radius 1 is 1.53 bits per heavy atom. The normalized spacial score (nSPS) is 19.2. The summed E-state index contributed by atoms with van der Waals surface area (Å²) in [5, 5.41) is 0.326. The molecule has 0 N–H and O–H groups in total. The Morgan fingerprint density at radius 3 is 3.26 bits per heavy atom. The molecular formula is C14H17N3OS. The summed E-state index contributed by atoms with van der Waals surface area (Å²) < 4.78 is 1.87. The third-order valence-electron chi connectivity index (χ3n) is 3.42. The van der Waals surface area contributed by atoms with Crippen LogP contribution in [0.25, 0.3) is 5.65 Å². The summed E-state index contributed by atoms with van der Waals surface area (Å²) >= 11 is 1.88. The molecule has 1 aliphatic rings. The molecule has 0 spiro atoms. The lowest BCUT2D eigenvalue weighted by molar-refractivity contribution is 0.0749. The molecule has 1 unspecified atom stereocenters. The van der Waals surface area contributed by atoms with Crippen LogP contribution in [0.15, 0.2) is 30.6 Å². The van der Waals surface area contributed by atoms with Gasteiger partial charge in [0.1, 0.15) is 11.3 Å². The number of amides is 1. The number of rotatable bonds is 3. The Balaban J connectivity index is 1.91. The first-order chi connectivity index (χ1) is 9.31. The second-order valence-corrected chi connectivity index (χ2v) is 5.97. The van der Waals surface area contributed by atoms with Gasteiger partial charge in [0.05, 0.1) is 11.6 Å². The first-order valence-electron chi connectivity index (χ1n) is 6.66. The van der Waals surface area contributed by atoms with Crippen molar-refractivity contribution in [2.45, 2.75) is 25.1 Å². The van der Waals surface area contributed by atoms with E-state index in [4.69, 9.17) is 0 Å². The van der Waals surface area contributed by atoms with Gasteiger partial charge in [0.15, 0.2) is 0 Å². The first-order valence-corrected chi connectivity index (χ1v) is 7.71. The Hall–Kier alpha value is -1.49. The molecule has 1 aliphatic heterocycles. The van der Waals surface area contributed by atoms with Crippen LogP contribution >= 0.6 is 11.8 Å².